The van der Waals surface area contributed by atoms with Crippen molar-refractivity contribution in [3.63, 3.8) is 0 Å². The zero-order valence-electron chi connectivity index (χ0n) is 16.6. The highest BCUT2D eigenvalue weighted by Crippen LogP contribution is 2.13. The summed E-state index contributed by atoms with van der Waals surface area (Å²) in [5.41, 5.74) is 1.77. The fourth-order valence-corrected chi connectivity index (χ4v) is 3.33. The molecule has 0 atom stereocenters. The number of amides is 2. The van der Waals surface area contributed by atoms with Gasteiger partial charge in [-0.25, -0.2) is 0 Å². The van der Waals surface area contributed by atoms with Crippen molar-refractivity contribution in [1.82, 2.24) is 15.1 Å². The van der Waals surface area contributed by atoms with E-state index in [0.717, 1.165) is 11.3 Å². The summed E-state index contributed by atoms with van der Waals surface area (Å²) >= 11 is 5.88. The van der Waals surface area contributed by atoms with Gasteiger partial charge >= 0.3 is 0 Å². The summed E-state index contributed by atoms with van der Waals surface area (Å²) in [5, 5.41) is 3.49. The Morgan fingerprint density at radius 3 is 2.48 bits per heavy atom. The lowest BCUT2D eigenvalue weighted by molar-refractivity contribution is -0.122. The smallest absolute Gasteiger partial charge is 0.253 e. The number of ether oxygens (including phenoxy) is 1. The summed E-state index contributed by atoms with van der Waals surface area (Å²) in [4.78, 5) is 28.5. The number of hydrogen-bond acceptors (Lipinski definition) is 4. The molecule has 7 heteroatoms. The number of nitrogens with one attached hydrogen (secondary N) is 1. The average Bonchev–Trinajstić information content (AvgIpc) is 2.72. The molecular weight excluding hydrogens is 390 g/mol. The van der Waals surface area contributed by atoms with Crippen LogP contribution in [0.15, 0.2) is 48.5 Å². The molecule has 1 heterocycles. The molecule has 29 heavy (non-hydrogen) atoms. The molecule has 1 fully saturated rings. The molecule has 2 aromatic rings. The number of carbonyl (C=O) groups excluding carboxylic acids is 2. The third-order valence-electron chi connectivity index (χ3n) is 4.80. The average molecular weight is 416 g/mol. The van der Waals surface area contributed by atoms with Crippen LogP contribution in [0.3, 0.4) is 0 Å². The van der Waals surface area contributed by atoms with Crippen LogP contribution < -0.4 is 10.1 Å². The van der Waals surface area contributed by atoms with Gasteiger partial charge in [-0.3, -0.25) is 14.5 Å². The largest absolute Gasteiger partial charge is 0.492 e. The summed E-state index contributed by atoms with van der Waals surface area (Å²) in [7, 11) is 0. The second-order valence-electron chi connectivity index (χ2n) is 7.09. The Morgan fingerprint density at radius 1 is 1.07 bits per heavy atom. The fourth-order valence-electron chi connectivity index (χ4n) is 3.21. The molecule has 2 amide bonds. The van der Waals surface area contributed by atoms with Crippen molar-refractivity contribution in [2.75, 3.05) is 45.9 Å². The van der Waals surface area contributed by atoms with Crippen LogP contribution in [0.25, 0.3) is 0 Å². The summed E-state index contributed by atoms with van der Waals surface area (Å²) in [6, 6.07) is 14.7. The molecule has 0 spiro atoms. The van der Waals surface area contributed by atoms with Crippen LogP contribution in [0.5, 0.6) is 5.75 Å². The first-order valence-electron chi connectivity index (χ1n) is 9.74. The zero-order chi connectivity index (χ0) is 20.6. The number of hydrogen-bond donors (Lipinski definition) is 1. The lowest BCUT2D eigenvalue weighted by Gasteiger charge is -2.34. The molecule has 0 radical (unpaired) electrons. The van der Waals surface area contributed by atoms with Gasteiger partial charge in [-0.2, -0.15) is 0 Å². The molecule has 3 rings (SSSR count). The van der Waals surface area contributed by atoms with Crippen molar-refractivity contribution in [3.8, 4) is 5.75 Å². The van der Waals surface area contributed by atoms with E-state index in [9.17, 15) is 9.59 Å². The summed E-state index contributed by atoms with van der Waals surface area (Å²) in [6.45, 7) is 5.78. The van der Waals surface area contributed by atoms with Crippen molar-refractivity contribution in [1.29, 1.82) is 0 Å². The minimum atomic E-state index is -0.0321. The maximum atomic E-state index is 12.5. The zero-order valence-corrected chi connectivity index (χ0v) is 17.3. The van der Waals surface area contributed by atoms with Crippen LogP contribution in [0, 0.1) is 6.92 Å². The number of rotatable bonds is 7. The molecule has 1 aliphatic rings. The Morgan fingerprint density at radius 2 is 1.79 bits per heavy atom. The molecule has 0 aromatic heterocycles. The summed E-state index contributed by atoms with van der Waals surface area (Å²) in [5.74, 6) is 0.773. The minimum Gasteiger partial charge on any atom is -0.492 e. The van der Waals surface area contributed by atoms with E-state index in [1.807, 2.05) is 36.1 Å². The minimum absolute atomic E-state index is 0.000865. The monoisotopic (exact) mass is 415 g/mol. The van der Waals surface area contributed by atoms with Gasteiger partial charge in [0.25, 0.3) is 5.91 Å². The van der Waals surface area contributed by atoms with Crippen LogP contribution in [-0.4, -0.2) is 67.5 Å². The van der Waals surface area contributed by atoms with Gasteiger partial charge in [-0.15, -0.1) is 0 Å². The first kappa shape index (κ1) is 21.1. The van der Waals surface area contributed by atoms with Gasteiger partial charge in [-0.1, -0.05) is 23.7 Å². The van der Waals surface area contributed by atoms with Gasteiger partial charge in [0.15, 0.2) is 0 Å². The van der Waals surface area contributed by atoms with Crippen molar-refractivity contribution < 1.29 is 14.3 Å². The molecule has 154 valence electrons. The van der Waals surface area contributed by atoms with Crippen molar-refractivity contribution >= 4 is 23.4 Å². The van der Waals surface area contributed by atoms with E-state index in [1.165, 1.54) is 0 Å². The lowest BCUT2D eigenvalue weighted by atomic mass is 10.2. The van der Waals surface area contributed by atoms with Crippen LogP contribution >= 0.6 is 11.6 Å². The predicted molar refractivity (Wildman–Crippen MR) is 113 cm³/mol. The second kappa shape index (κ2) is 10.3. The second-order valence-corrected chi connectivity index (χ2v) is 7.53. The number of aryl methyl sites for hydroxylation is 1. The lowest BCUT2D eigenvalue weighted by Crippen LogP contribution is -2.51. The Bertz CT molecular complexity index is 833. The quantitative estimate of drug-likeness (QED) is 0.706. The van der Waals surface area contributed by atoms with Crippen LogP contribution in [-0.2, 0) is 4.79 Å². The van der Waals surface area contributed by atoms with Crippen LogP contribution in [0.4, 0.5) is 0 Å². The number of benzene rings is 2. The van der Waals surface area contributed by atoms with Crippen molar-refractivity contribution in [2.24, 2.45) is 0 Å². The Hall–Kier alpha value is -2.57. The van der Waals surface area contributed by atoms with E-state index in [0.29, 0.717) is 56.5 Å². The Balaban J connectivity index is 1.34. The Kier molecular flexibility index (Phi) is 7.49. The highest BCUT2D eigenvalue weighted by Gasteiger charge is 2.23. The maximum absolute atomic E-state index is 12.5. The molecule has 0 bridgehead atoms. The topological polar surface area (TPSA) is 61.9 Å². The SMILES string of the molecule is Cc1cccc(OCCNC(=O)CN2CCN(C(=O)c3ccc(Cl)cc3)CC2)c1. The number of carbonyl (C=O) groups is 2. The molecular formula is C22H26ClN3O3. The Labute approximate surface area is 176 Å². The van der Waals surface area contributed by atoms with Gasteiger partial charge in [0.2, 0.25) is 5.91 Å². The van der Waals surface area contributed by atoms with E-state index in [-0.39, 0.29) is 11.8 Å². The van der Waals surface area contributed by atoms with Gasteiger partial charge in [0.05, 0.1) is 13.1 Å². The molecule has 0 unspecified atom stereocenters. The predicted octanol–water partition coefficient (Wildman–Crippen LogP) is 2.60. The third kappa shape index (κ3) is 6.48. The highest BCUT2D eigenvalue weighted by molar-refractivity contribution is 6.30. The third-order valence-corrected chi connectivity index (χ3v) is 5.05. The van der Waals surface area contributed by atoms with Gasteiger partial charge in [-0.05, 0) is 48.9 Å². The van der Waals surface area contributed by atoms with Crippen LogP contribution in [0.1, 0.15) is 15.9 Å². The van der Waals surface area contributed by atoms with E-state index < -0.39 is 0 Å². The molecule has 1 aliphatic heterocycles. The molecule has 6 nitrogen and oxygen atoms in total. The molecule has 1 N–H and O–H groups in total. The summed E-state index contributed by atoms with van der Waals surface area (Å²) < 4.78 is 5.64. The molecule has 0 saturated carbocycles. The van der Waals surface area contributed by atoms with Crippen molar-refractivity contribution in [3.05, 3.63) is 64.7 Å². The first-order chi connectivity index (χ1) is 14.0. The molecule has 2 aromatic carbocycles. The van der Waals surface area contributed by atoms with E-state index >= 15 is 0 Å². The normalized spacial score (nSPS) is 14.5. The number of piperazine rings is 1. The van der Waals surface area contributed by atoms with Crippen molar-refractivity contribution in [2.45, 2.75) is 6.92 Å². The summed E-state index contributed by atoms with van der Waals surface area (Å²) in [6.07, 6.45) is 0. The van der Waals surface area contributed by atoms with Crippen LogP contribution in [0.2, 0.25) is 5.02 Å². The van der Waals surface area contributed by atoms with E-state index in [1.54, 1.807) is 24.3 Å². The standard InChI is InChI=1S/C22H26ClN3O3/c1-17-3-2-4-20(15-17)29-14-9-24-21(27)16-25-10-12-26(13-11-25)22(28)18-5-7-19(23)8-6-18/h2-8,15H,9-14,16H2,1H3,(H,24,27). The molecule has 1 saturated heterocycles. The van der Waals surface area contributed by atoms with Gasteiger partial charge < -0.3 is 15.0 Å². The molecule has 0 aliphatic carbocycles. The number of halogens is 1. The highest BCUT2D eigenvalue weighted by atomic mass is 35.5. The first-order valence-corrected chi connectivity index (χ1v) is 10.1. The van der Waals surface area contributed by atoms with E-state index in [2.05, 4.69) is 10.2 Å². The van der Waals surface area contributed by atoms with E-state index in [4.69, 9.17) is 16.3 Å². The van der Waals surface area contributed by atoms with Gasteiger partial charge in [0, 0.05) is 36.8 Å². The maximum Gasteiger partial charge on any atom is 0.253 e. The fraction of sp³-hybridized carbons (Fsp3) is 0.364. The van der Waals surface area contributed by atoms with Gasteiger partial charge in [0.1, 0.15) is 12.4 Å². The number of nitrogens with zero attached hydrogens (tertiary/aromatic N) is 2.